The molecular formula is C15H18N6O. The lowest BCUT2D eigenvalue weighted by Gasteiger charge is -2.38. The molecule has 0 bridgehead atoms. The van der Waals surface area contributed by atoms with E-state index in [1.54, 1.807) is 18.6 Å². The summed E-state index contributed by atoms with van der Waals surface area (Å²) in [4.78, 5) is 24.4. The third-order valence-electron chi connectivity index (χ3n) is 4.27. The molecule has 2 aliphatic heterocycles. The number of carbonyl (C=O) groups excluding carboxylic acids is 1. The third-order valence-corrected chi connectivity index (χ3v) is 4.27. The van der Waals surface area contributed by atoms with Crippen LogP contribution in [-0.2, 0) is 11.3 Å². The van der Waals surface area contributed by atoms with Gasteiger partial charge < -0.3 is 4.90 Å². The fourth-order valence-corrected chi connectivity index (χ4v) is 3.04. The van der Waals surface area contributed by atoms with Crippen molar-refractivity contribution in [3.63, 3.8) is 0 Å². The molecular weight excluding hydrogens is 280 g/mol. The standard InChI is InChI=1S/C15H18N6O/c22-15-3-1-6-20(15)12-7-18-21(10-12)13-8-19(9-13)11-14-16-4-2-5-17-14/h2,4-5,7,10,13H,1,3,6,8-9,11H2. The summed E-state index contributed by atoms with van der Waals surface area (Å²) in [7, 11) is 0. The summed E-state index contributed by atoms with van der Waals surface area (Å²) in [6, 6.07) is 2.20. The van der Waals surface area contributed by atoms with Gasteiger partial charge in [-0.2, -0.15) is 5.10 Å². The lowest BCUT2D eigenvalue weighted by Crippen LogP contribution is -2.47. The minimum Gasteiger partial charge on any atom is -0.309 e. The van der Waals surface area contributed by atoms with Gasteiger partial charge in [0.1, 0.15) is 5.82 Å². The van der Waals surface area contributed by atoms with Crippen LogP contribution >= 0.6 is 0 Å². The largest absolute Gasteiger partial charge is 0.309 e. The first-order valence-corrected chi connectivity index (χ1v) is 7.62. The Morgan fingerprint density at radius 1 is 1.23 bits per heavy atom. The monoisotopic (exact) mass is 298 g/mol. The lowest BCUT2D eigenvalue weighted by molar-refractivity contribution is -0.117. The second-order valence-electron chi connectivity index (χ2n) is 5.84. The van der Waals surface area contributed by atoms with Crippen LogP contribution in [0, 0.1) is 0 Å². The van der Waals surface area contributed by atoms with Crippen molar-refractivity contribution in [2.45, 2.75) is 25.4 Å². The first kappa shape index (κ1) is 13.4. The molecule has 2 aromatic heterocycles. The summed E-state index contributed by atoms with van der Waals surface area (Å²) >= 11 is 0. The number of carbonyl (C=O) groups is 1. The van der Waals surface area contributed by atoms with Gasteiger partial charge in [0.05, 0.1) is 24.5 Å². The summed E-state index contributed by atoms with van der Waals surface area (Å²) in [6.07, 6.45) is 8.92. The molecule has 2 fully saturated rings. The molecule has 2 aromatic rings. The fourth-order valence-electron chi connectivity index (χ4n) is 3.04. The van der Waals surface area contributed by atoms with Crippen molar-refractivity contribution in [3.05, 3.63) is 36.7 Å². The summed E-state index contributed by atoms with van der Waals surface area (Å²) in [5, 5.41) is 4.42. The summed E-state index contributed by atoms with van der Waals surface area (Å²) < 4.78 is 1.98. The van der Waals surface area contributed by atoms with Crippen LogP contribution in [-0.4, -0.2) is 50.2 Å². The second-order valence-corrected chi connectivity index (χ2v) is 5.84. The van der Waals surface area contributed by atoms with Crippen LogP contribution in [0.25, 0.3) is 0 Å². The van der Waals surface area contributed by atoms with E-state index in [4.69, 9.17) is 0 Å². The topological polar surface area (TPSA) is 67.2 Å². The molecule has 2 saturated heterocycles. The normalized spacial score (nSPS) is 19.6. The van der Waals surface area contributed by atoms with E-state index in [2.05, 4.69) is 20.0 Å². The molecule has 0 N–H and O–H groups in total. The van der Waals surface area contributed by atoms with Gasteiger partial charge in [0, 0.05) is 44.6 Å². The number of nitrogens with zero attached hydrogens (tertiary/aromatic N) is 6. The molecule has 0 aromatic carbocycles. The Kier molecular flexibility index (Phi) is 3.34. The quantitative estimate of drug-likeness (QED) is 0.837. The van der Waals surface area contributed by atoms with E-state index >= 15 is 0 Å². The highest BCUT2D eigenvalue weighted by Gasteiger charge is 2.30. The van der Waals surface area contributed by atoms with Crippen LogP contribution in [0.2, 0.25) is 0 Å². The SMILES string of the molecule is O=C1CCCN1c1cnn(C2CN(Cc3ncccn3)C2)c1. The van der Waals surface area contributed by atoms with Crippen LogP contribution in [0.4, 0.5) is 5.69 Å². The van der Waals surface area contributed by atoms with Crippen molar-refractivity contribution >= 4 is 11.6 Å². The summed E-state index contributed by atoms with van der Waals surface area (Å²) in [5.41, 5.74) is 0.923. The van der Waals surface area contributed by atoms with Gasteiger partial charge in [0.25, 0.3) is 0 Å². The van der Waals surface area contributed by atoms with Gasteiger partial charge in [0.15, 0.2) is 0 Å². The Hall–Kier alpha value is -2.28. The molecule has 0 radical (unpaired) electrons. The number of hydrogen-bond acceptors (Lipinski definition) is 5. The predicted octanol–water partition coefficient (Wildman–Crippen LogP) is 0.857. The van der Waals surface area contributed by atoms with Crippen molar-refractivity contribution < 1.29 is 4.79 Å². The van der Waals surface area contributed by atoms with E-state index in [9.17, 15) is 4.79 Å². The number of rotatable bonds is 4. The van der Waals surface area contributed by atoms with Crippen LogP contribution in [0.15, 0.2) is 30.9 Å². The van der Waals surface area contributed by atoms with Gasteiger partial charge in [-0.15, -0.1) is 0 Å². The van der Waals surface area contributed by atoms with Gasteiger partial charge in [-0.3, -0.25) is 14.4 Å². The highest BCUT2D eigenvalue weighted by molar-refractivity contribution is 5.95. The smallest absolute Gasteiger partial charge is 0.227 e. The molecule has 0 spiro atoms. The number of likely N-dealkylation sites (tertiary alicyclic amines) is 1. The number of aromatic nitrogens is 4. The molecule has 22 heavy (non-hydrogen) atoms. The van der Waals surface area contributed by atoms with Gasteiger partial charge in [-0.05, 0) is 12.5 Å². The van der Waals surface area contributed by atoms with Crippen molar-refractivity contribution in [2.24, 2.45) is 0 Å². The Morgan fingerprint density at radius 3 is 2.77 bits per heavy atom. The molecule has 7 nitrogen and oxygen atoms in total. The van der Waals surface area contributed by atoms with Gasteiger partial charge in [-0.1, -0.05) is 0 Å². The predicted molar refractivity (Wildman–Crippen MR) is 80.2 cm³/mol. The molecule has 0 saturated carbocycles. The van der Waals surface area contributed by atoms with Crippen LogP contribution in [0.1, 0.15) is 24.7 Å². The van der Waals surface area contributed by atoms with E-state index in [1.165, 1.54) is 0 Å². The van der Waals surface area contributed by atoms with Crippen molar-refractivity contribution in [1.29, 1.82) is 0 Å². The Labute approximate surface area is 128 Å². The molecule has 4 rings (SSSR count). The zero-order valence-electron chi connectivity index (χ0n) is 12.3. The second kappa shape index (κ2) is 5.49. The Morgan fingerprint density at radius 2 is 2.05 bits per heavy atom. The zero-order valence-corrected chi connectivity index (χ0v) is 12.3. The van der Waals surface area contributed by atoms with E-state index in [0.717, 1.165) is 44.1 Å². The fraction of sp³-hybridized carbons (Fsp3) is 0.467. The first-order valence-electron chi connectivity index (χ1n) is 7.62. The first-order chi connectivity index (χ1) is 10.8. The molecule has 114 valence electrons. The molecule has 2 aliphatic rings. The average Bonchev–Trinajstić information content (AvgIpc) is 3.12. The molecule has 0 aliphatic carbocycles. The van der Waals surface area contributed by atoms with Crippen LogP contribution < -0.4 is 4.90 Å². The maximum absolute atomic E-state index is 11.8. The lowest BCUT2D eigenvalue weighted by atomic mass is 10.1. The average molecular weight is 298 g/mol. The van der Waals surface area contributed by atoms with Crippen molar-refractivity contribution in [1.82, 2.24) is 24.6 Å². The minimum atomic E-state index is 0.205. The van der Waals surface area contributed by atoms with Gasteiger partial charge in [-0.25, -0.2) is 9.97 Å². The number of anilines is 1. The summed E-state index contributed by atoms with van der Waals surface area (Å²) in [6.45, 7) is 3.46. The molecule has 4 heterocycles. The third kappa shape index (κ3) is 2.48. The number of amides is 1. The maximum atomic E-state index is 11.8. The van der Waals surface area contributed by atoms with E-state index in [-0.39, 0.29) is 5.91 Å². The van der Waals surface area contributed by atoms with E-state index in [1.807, 2.05) is 21.8 Å². The van der Waals surface area contributed by atoms with Crippen molar-refractivity contribution in [2.75, 3.05) is 24.5 Å². The summed E-state index contributed by atoms with van der Waals surface area (Å²) in [5.74, 6) is 1.06. The van der Waals surface area contributed by atoms with E-state index in [0.29, 0.717) is 12.5 Å². The zero-order chi connectivity index (χ0) is 14.9. The van der Waals surface area contributed by atoms with Crippen molar-refractivity contribution in [3.8, 4) is 0 Å². The van der Waals surface area contributed by atoms with Gasteiger partial charge in [0.2, 0.25) is 5.91 Å². The molecule has 1 amide bonds. The molecule has 0 atom stereocenters. The Bertz CT molecular complexity index is 664. The number of hydrogen-bond donors (Lipinski definition) is 0. The van der Waals surface area contributed by atoms with Crippen LogP contribution in [0.5, 0.6) is 0 Å². The highest BCUT2D eigenvalue weighted by Crippen LogP contribution is 2.26. The molecule has 7 heteroatoms. The maximum Gasteiger partial charge on any atom is 0.227 e. The van der Waals surface area contributed by atoms with Gasteiger partial charge >= 0.3 is 0 Å². The Balaban J connectivity index is 1.35. The highest BCUT2D eigenvalue weighted by atomic mass is 16.2. The van der Waals surface area contributed by atoms with E-state index < -0.39 is 0 Å². The molecule has 0 unspecified atom stereocenters. The van der Waals surface area contributed by atoms with Crippen LogP contribution in [0.3, 0.4) is 0 Å². The minimum absolute atomic E-state index is 0.205.